The largest absolute Gasteiger partial charge is 0.349 e. The lowest BCUT2D eigenvalue weighted by molar-refractivity contribution is 0.870. The van der Waals surface area contributed by atoms with Crippen molar-refractivity contribution in [2.24, 2.45) is 0 Å². The molecule has 0 aliphatic carbocycles. The monoisotopic (exact) mass is 392 g/mol. The molecule has 3 rings (SSSR count). The zero-order chi connectivity index (χ0) is 19.1. The van der Waals surface area contributed by atoms with Crippen molar-refractivity contribution in [3.63, 3.8) is 0 Å². The molecule has 0 aliphatic rings. The predicted octanol–water partition coefficient (Wildman–Crippen LogP) is 6.52. The van der Waals surface area contributed by atoms with Gasteiger partial charge in [0.2, 0.25) is 0 Å². The number of hydrogen-bond donors (Lipinski definition) is 2. The Labute approximate surface area is 170 Å². The van der Waals surface area contributed by atoms with Gasteiger partial charge in [-0.2, -0.15) is 0 Å². The molecule has 0 aliphatic heterocycles. The van der Waals surface area contributed by atoms with E-state index in [-0.39, 0.29) is 0 Å². The van der Waals surface area contributed by atoms with Crippen LogP contribution in [-0.4, -0.2) is 10.7 Å². The molecule has 3 aromatic carbocycles. The fourth-order valence-corrected chi connectivity index (χ4v) is 3.27. The maximum Gasteiger partial charge on any atom is 0.0797 e. The van der Waals surface area contributed by atoms with E-state index in [1.807, 2.05) is 42.5 Å². The molecule has 3 aromatic rings. The number of anilines is 1. The Kier molecular flexibility index (Phi) is 6.74. The summed E-state index contributed by atoms with van der Waals surface area (Å²) < 4.78 is 0. The van der Waals surface area contributed by atoms with Crippen molar-refractivity contribution in [3.8, 4) is 0 Å². The summed E-state index contributed by atoms with van der Waals surface area (Å²) in [5.74, 6) is 0. The zero-order valence-corrected chi connectivity index (χ0v) is 16.5. The van der Waals surface area contributed by atoms with E-state index >= 15 is 0 Å². The van der Waals surface area contributed by atoms with E-state index in [4.69, 9.17) is 29.2 Å². The summed E-state index contributed by atoms with van der Waals surface area (Å²) in [4.78, 5) is 0.794. The van der Waals surface area contributed by atoms with Crippen molar-refractivity contribution in [1.29, 1.82) is 5.41 Å². The minimum Gasteiger partial charge on any atom is -0.349 e. The quantitative estimate of drug-likeness (QED) is 0.354. The fourth-order valence-electron chi connectivity index (χ4n) is 2.89. The second-order valence-electron chi connectivity index (χ2n) is 6.31. The summed E-state index contributed by atoms with van der Waals surface area (Å²) in [7, 11) is 0. The molecule has 0 spiro atoms. The highest BCUT2D eigenvalue weighted by Crippen LogP contribution is 2.21. The first-order valence-electron chi connectivity index (χ1n) is 8.91. The summed E-state index contributed by atoms with van der Waals surface area (Å²) in [6.45, 7) is 0. The third kappa shape index (κ3) is 5.49. The molecule has 0 fully saturated rings. The molecule has 0 heterocycles. The maximum atomic E-state index is 8.55. The lowest BCUT2D eigenvalue weighted by Gasteiger charge is -2.14. The molecule has 0 unspecified atom stereocenters. The molecule has 0 bridgehead atoms. The standard InChI is InChI=1S/C23H21ClN2S/c24-19-15-13-18(14-16-19)23(25)20-10-4-5-11-21(20)26-22(27)12-6-9-17-7-2-1-3-8-17/h1-5,7-8,10-11,13-16,25H,6,9,12H2,(H,26,27). The van der Waals surface area contributed by atoms with Crippen LogP contribution in [0.2, 0.25) is 5.02 Å². The Morgan fingerprint density at radius 1 is 0.889 bits per heavy atom. The minimum atomic E-state index is 0.446. The highest BCUT2D eigenvalue weighted by atomic mass is 35.5. The van der Waals surface area contributed by atoms with Gasteiger partial charge in [0.15, 0.2) is 0 Å². The Morgan fingerprint density at radius 3 is 2.30 bits per heavy atom. The van der Waals surface area contributed by atoms with Crippen LogP contribution in [0.15, 0.2) is 78.9 Å². The van der Waals surface area contributed by atoms with Gasteiger partial charge in [0, 0.05) is 21.8 Å². The van der Waals surface area contributed by atoms with Gasteiger partial charge in [-0.3, -0.25) is 5.41 Å². The first-order chi connectivity index (χ1) is 13.1. The van der Waals surface area contributed by atoms with Gasteiger partial charge in [-0.15, -0.1) is 0 Å². The van der Waals surface area contributed by atoms with E-state index < -0.39 is 0 Å². The molecule has 27 heavy (non-hydrogen) atoms. The van der Waals surface area contributed by atoms with E-state index in [0.717, 1.165) is 41.1 Å². The highest BCUT2D eigenvalue weighted by Gasteiger charge is 2.11. The van der Waals surface area contributed by atoms with Gasteiger partial charge < -0.3 is 5.32 Å². The number of thiocarbonyl (C=S) groups is 1. The lowest BCUT2D eigenvalue weighted by Crippen LogP contribution is -2.13. The van der Waals surface area contributed by atoms with Crippen molar-refractivity contribution in [3.05, 3.63) is 101 Å². The van der Waals surface area contributed by atoms with Gasteiger partial charge in [-0.05, 0) is 43.0 Å². The molecular formula is C23H21ClN2S. The topological polar surface area (TPSA) is 35.9 Å². The van der Waals surface area contributed by atoms with E-state index in [1.54, 1.807) is 12.1 Å². The van der Waals surface area contributed by atoms with E-state index in [9.17, 15) is 0 Å². The first-order valence-corrected chi connectivity index (χ1v) is 9.70. The maximum absolute atomic E-state index is 8.55. The van der Waals surface area contributed by atoms with Crippen LogP contribution in [0.3, 0.4) is 0 Å². The molecule has 0 saturated heterocycles. The van der Waals surface area contributed by atoms with Crippen LogP contribution in [0.4, 0.5) is 5.69 Å². The van der Waals surface area contributed by atoms with Crippen LogP contribution in [0, 0.1) is 5.41 Å². The Hall–Kier alpha value is -2.49. The van der Waals surface area contributed by atoms with Crippen molar-refractivity contribution in [2.45, 2.75) is 19.3 Å². The van der Waals surface area contributed by atoms with Crippen molar-refractivity contribution < 1.29 is 0 Å². The molecule has 136 valence electrons. The number of para-hydroxylation sites is 1. The van der Waals surface area contributed by atoms with Crippen molar-refractivity contribution >= 4 is 40.2 Å². The third-order valence-electron chi connectivity index (χ3n) is 4.32. The Bertz CT molecular complexity index is 921. The molecule has 0 radical (unpaired) electrons. The van der Waals surface area contributed by atoms with Crippen molar-refractivity contribution in [1.82, 2.24) is 0 Å². The van der Waals surface area contributed by atoms with Crippen LogP contribution in [-0.2, 0) is 6.42 Å². The van der Waals surface area contributed by atoms with Crippen molar-refractivity contribution in [2.75, 3.05) is 5.32 Å². The summed E-state index contributed by atoms with van der Waals surface area (Å²) >= 11 is 11.5. The van der Waals surface area contributed by atoms with Crippen LogP contribution < -0.4 is 5.32 Å². The number of rotatable bonds is 7. The molecule has 0 amide bonds. The van der Waals surface area contributed by atoms with Gasteiger partial charge in [0.25, 0.3) is 0 Å². The molecular weight excluding hydrogens is 372 g/mol. The van der Waals surface area contributed by atoms with Crippen LogP contribution in [0.1, 0.15) is 29.5 Å². The average molecular weight is 393 g/mol. The smallest absolute Gasteiger partial charge is 0.0797 e. The van der Waals surface area contributed by atoms with E-state index in [2.05, 4.69) is 29.6 Å². The Morgan fingerprint density at radius 2 is 1.56 bits per heavy atom. The van der Waals surface area contributed by atoms with Crippen LogP contribution in [0.25, 0.3) is 0 Å². The van der Waals surface area contributed by atoms with Gasteiger partial charge in [0.05, 0.1) is 10.7 Å². The van der Waals surface area contributed by atoms with Crippen LogP contribution >= 0.6 is 23.8 Å². The first kappa shape index (κ1) is 19.3. The summed E-state index contributed by atoms with van der Waals surface area (Å²) in [5, 5.41) is 12.5. The molecule has 0 saturated carbocycles. The fraction of sp³-hybridized carbons (Fsp3) is 0.130. The normalized spacial score (nSPS) is 10.4. The molecule has 2 nitrogen and oxygen atoms in total. The second kappa shape index (κ2) is 9.45. The van der Waals surface area contributed by atoms with Crippen LogP contribution in [0.5, 0.6) is 0 Å². The highest BCUT2D eigenvalue weighted by molar-refractivity contribution is 7.80. The number of hydrogen-bond acceptors (Lipinski definition) is 2. The summed E-state index contributed by atoms with van der Waals surface area (Å²) in [6.07, 6.45) is 2.81. The SMILES string of the molecule is N=C(c1ccc(Cl)cc1)c1ccccc1NC(=S)CCCc1ccccc1. The molecule has 0 aromatic heterocycles. The van der Waals surface area contributed by atoms with Gasteiger partial charge in [-0.1, -0.05) is 84.5 Å². The van der Waals surface area contributed by atoms with E-state index in [0.29, 0.717) is 10.7 Å². The molecule has 4 heteroatoms. The van der Waals surface area contributed by atoms with E-state index in [1.165, 1.54) is 5.56 Å². The second-order valence-corrected chi connectivity index (χ2v) is 7.24. The van der Waals surface area contributed by atoms with Gasteiger partial charge >= 0.3 is 0 Å². The number of aryl methyl sites for hydroxylation is 1. The molecule has 2 N–H and O–H groups in total. The molecule has 0 atom stereocenters. The number of nitrogens with one attached hydrogen (secondary N) is 2. The predicted molar refractivity (Wildman–Crippen MR) is 119 cm³/mol. The van der Waals surface area contributed by atoms with Gasteiger partial charge in [0.1, 0.15) is 0 Å². The summed E-state index contributed by atoms with van der Waals surface area (Å²) in [6, 6.07) is 25.5. The summed E-state index contributed by atoms with van der Waals surface area (Å²) in [5.41, 5.74) is 4.28. The number of benzene rings is 3. The zero-order valence-electron chi connectivity index (χ0n) is 14.9. The minimum absolute atomic E-state index is 0.446. The lowest BCUT2D eigenvalue weighted by atomic mass is 10.0. The Balaban J connectivity index is 1.64. The third-order valence-corrected chi connectivity index (χ3v) is 4.87. The van der Waals surface area contributed by atoms with Gasteiger partial charge in [-0.25, -0.2) is 0 Å². The number of halogens is 1. The average Bonchev–Trinajstić information content (AvgIpc) is 2.69.